The SMILES string of the molecule is O=C1CCCC[C@@H]1NC(=O)C(F)(F)F. The lowest BCUT2D eigenvalue weighted by Crippen LogP contribution is -2.47. The number of halogens is 3. The molecule has 1 saturated carbocycles. The highest BCUT2D eigenvalue weighted by Gasteiger charge is 2.40. The molecule has 0 unspecified atom stereocenters. The van der Waals surface area contributed by atoms with Gasteiger partial charge in [-0.1, -0.05) is 6.42 Å². The van der Waals surface area contributed by atoms with Crippen LogP contribution in [0.3, 0.4) is 0 Å². The molecule has 0 bridgehead atoms. The van der Waals surface area contributed by atoms with E-state index >= 15 is 0 Å². The Bertz CT molecular complexity index is 249. The van der Waals surface area contributed by atoms with E-state index in [9.17, 15) is 22.8 Å². The lowest BCUT2D eigenvalue weighted by molar-refractivity contribution is -0.174. The second-order valence-electron chi connectivity index (χ2n) is 3.24. The van der Waals surface area contributed by atoms with Crippen LogP contribution in [0.25, 0.3) is 0 Å². The van der Waals surface area contributed by atoms with Gasteiger partial charge in [-0.05, 0) is 12.8 Å². The molecular formula is C8H10F3NO2. The lowest BCUT2D eigenvalue weighted by Gasteiger charge is -2.21. The first-order valence-corrected chi connectivity index (χ1v) is 4.31. The van der Waals surface area contributed by atoms with Crippen LogP contribution in [0.15, 0.2) is 0 Å². The Morgan fingerprint density at radius 2 is 2.00 bits per heavy atom. The van der Waals surface area contributed by atoms with Gasteiger partial charge in [-0.15, -0.1) is 0 Å². The Morgan fingerprint density at radius 3 is 2.50 bits per heavy atom. The second-order valence-corrected chi connectivity index (χ2v) is 3.24. The fraction of sp³-hybridized carbons (Fsp3) is 0.750. The van der Waals surface area contributed by atoms with Crippen molar-refractivity contribution in [3.8, 4) is 0 Å². The van der Waals surface area contributed by atoms with E-state index in [1.807, 2.05) is 0 Å². The third-order valence-corrected chi connectivity index (χ3v) is 2.12. The summed E-state index contributed by atoms with van der Waals surface area (Å²) in [5.74, 6) is -2.34. The Morgan fingerprint density at radius 1 is 1.36 bits per heavy atom. The smallest absolute Gasteiger partial charge is 0.338 e. The van der Waals surface area contributed by atoms with E-state index in [4.69, 9.17) is 0 Å². The number of ketones is 1. The molecule has 0 radical (unpaired) electrons. The van der Waals surface area contributed by atoms with Gasteiger partial charge in [0.05, 0.1) is 6.04 Å². The molecule has 1 fully saturated rings. The molecule has 1 aliphatic carbocycles. The average molecular weight is 209 g/mol. The molecule has 6 heteroatoms. The summed E-state index contributed by atoms with van der Waals surface area (Å²) in [6.07, 6.45) is -2.98. The molecule has 80 valence electrons. The van der Waals surface area contributed by atoms with Crippen molar-refractivity contribution in [2.75, 3.05) is 0 Å². The second kappa shape index (κ2) is 3.98. The van der Waals surface area contributed by atoms with Gasteiger partial charge < -0.3 is 5.32 Å². The number of carbonyl (C=O) groups is 2. The Labute approximate surface area is 78.7 Å². The number of hydrogen-bond donors (Lipinski definition) is 1. The topological polar surface area (TPSA) is 46.2 Å². The number of Topliss-reactive ketones (excluding diaryl/α,β-unsaturated/α-hetero) is 1. The molecule has 0 aliphatic heterocycles. The van der Waals surface area contributed by atoms with Crippen LogP contribution in [0.1, 0.15) is 25.7 Å². The summed E-state index contributed by atoms with van der Waals surface area (Å²) in [5, 5.41) is 1.70. The van der Waals surface area contributed by atoms with Gasteiger partial charge in [0.25, 0.3) is 0 Å². The molecule has 1 atom stereocenters. The zero-order valence-electron chi connectivity index (χ0n) is 7.36. The van der Waals surface area contributed by atoms with Crippen LogP contribution in [-0.2, 0) is 9.59 Å². The third kappa shape index (κ3) is 2.71. The van der Waals surface area contributed by atoms with Gasteiger partial charge in [-0.25, -0.2) is 0 Å². The fourth-order valence-corrected chi connectivity index (χ4v) is 1.38. The van der Waals surface area contributed by atoms with E-state index in [0.717, 1.165) is 0 Å². The maximum Gasteiger partial charge on any atom is 0.471 e. The monoisotopic (exact) mass is 209 g/mol. The Hall–Kier alpha value is -1.07. The van der Waals surface area contributed by atoms with E-state index in [1.165, 1.54) is 0 Å². The lowest BCUT2D eigenvalue weighted by atomic mass is 9.94. The number of amides is 1. The highest BCUT2D eigenvalue weighted by molar-refractivity contribution is 5.91. The Balaban J connectivity index is 2.51. The molecule has 0 saturated heterocycles. The van der Waals surface area contributed by atoms with Gasteiger partial charge in [-0.3, -0.25) is 9.59 Å². The molecule has 0 aromatic rings. The average Bonchev–Trinajstić information content (AvgIpc) is 2.07. The zero-order chi connectivity index (χ0) is 10.8. The van der Waals surface area contributed by atoms with E-state index < -0.39 is 18.1 Å². The highest BCUT2D eigenvalue weighted by Crippen LogP contribution is 2.18. The minimum Gasteiger partial charge on any atom is -0.338 e. The summed E-state index contributed by atoms with van der Waals surface area (Å²) in [6.45, 7) is 0. The largest absolute Gasteiger partial charge is 0.471 e. The van der Waals surface area contributed by atoms with Crippen molar-refractivity contribution in [1.82, 2.24) is 5.32 Å². The normalized spacial score (nSPS) is 23.4. The number of nitrogens with one attached hydrogen (secondary N) is 1. The fourth-order valence-electron chi connectivity index (χ4n) is 1.38. The van der Waals surface area contributed by atoms with Gasteiger partial charge in [0, 0.05) is 6.42 Å². The first kappa shape index (κ1) is 11.0. The molecule has 1 aliphatic rings. The first-order valence-electron chi connectivity index (χ1n) is 4.31. The number of hydrogen-bond acceptors (Lipinski definition) is 2. The van der Waals surface area contributed by atoms with Gasteiger partial charge >= 0.3 is 12.1 Å². The van der Waals surface area contributed by atoms with Crippen LogP contribution in [0.4, 0.5) is 13.2 Å². The third-order valence-electron chi connectivity index (χ3n) is 2.12. The number of carbonyl (C=O) groups excluding carboxylic acids is 2. The van der Waals surface area contributed by atoms with Crippen molar-refractivity contribution in [2.45, 2.75) is 37.9 Å². The van der Waals surface area contributed by atoms with Crippen LogP contribution in [-0.4, -0.2) is 23.9 Å². The van der Waals surface area contributed by atoms with Crippen molar-refractivity contribution in [3.63, 3.8) is 0 Å². The van der Waals surface area contributed by atoms with Crippen molar-refractivity contribution >= 4 is 11.7 Å². The standard InChI is InChI=1S/C8H10F3NO2/c9-8(10,11)7(14)12-5-3-1-2-4-6(5)13/h5H,1-4H2,(H,12,14)/t5-/m0/s1. The van der Waals surface area contributed by atoms with E-state index in [-0.39, 0.29) is 12.2 Å². The van der Waals surface area contributed by atoms with E-state index in [1.54, 1.807) is 5.32 Å². The predicted octanol–water partition coefficient (Wildman–Crippen LogP) is 1.18. The van der Waals surface area contributed by atoms with Crippen molar-refractivity contribution in [2.24, 2.45) is 0 Å². The molecule has 1 N–H and O–H groups in total. The van der Waals surface area contributed by atoms with Crippen molar-refractivity contribution in [3.05, 3.63) is 0 Å². The minimum absolute atomic E-state index is 0.253. The molecule has 0 heterocycles. The van der Waals surface area contributed by atoms with Crippen LogP contribution < -0.4 is 5.32 Å². The van der Waals surface area contributed by atoms with Crippen molar-refractivity contribution < 1.29 is 22.8 Å². The Kier molecular flexibility index (Phi) is 3.13. The molecule has 1 amide bonds. The quantitative estimate of drug-likeness (QED) is 0.704. The molecular weight excluding hydrogens is 199 g/mol. The molecule has 0 spiro atoms. The van der Waals surface area contributed by atoms with Gasteiger partial charge in [-0.2, -0.15) is 13.2 Å². The summed E-state index contributed by atoms with van der Waals surface area (Å²) >= 11 is 0. The summed E-state index contributed by atoms with van der Waals surface area (Å²) in [5.41, 5.74) is 0. The number of alkyl halides is 3. The van der Waals surface area contributed by atoms with E-state index in [0.29, 0.717) is 19.3 Å². The van der Waals surface area contributed by atoms with Crippen LogP contribution >= 0.6 is 0 Å². The summed E-state index contributed by atoms with van der Waals surface area (Å²) < 4.78 is 35.4. The maximum atomic E-state index is 11.8. The first-order chi connectivity index (χ1) is 6.41. The van der Waals surface area contributed by atoms with Crippen LogP contribution in [0.2, 0.25) is 0 Å². The molecule has 1 rings (SSSR count). The van der Waals surface area contributed by atoms with Gasteiger partial charge in [0.2, 0.25) is 0 Å². The van der Waals surface area contributed by atoms with Gasteiger partial charge in [0.15, 0.2) is 5.78 Å². The van der Waals surface area contributed by atoms with Gasteiger partial charge in [0.1, 0.15) is 0 Å². The van der Waals surface area contributed by atoms with Crippen molar-refractivity contribution in [1.29, 1.82) is 0 Å². The molecule has 3 nitrogen and oxygen atoms in total. The maximum absolute atomic E-state index is 11.8. The van der Waals surface area contributed by atoms with Crippen LogP contribution in [0, 0.1) is 0 Å². The molecule has 0 aromatic carbocycles. The van der Waals surface area contributed by atoms with E-state index in [2.05, 4.69) is 0 Å². The predicted molar refractivity (Wildman–Crippen MR) is 41.5 cm³/mol. The molecule has 14 heavy (non-hydrogen) atoms. The summed E-state index contributed by atoms with van der Waals surface area (Å²) in [7, 11) is 0. The zero-order valence-corrected chi connectivity index (χ0v) is 7.36. The molecule has 0 aromatic heterocycles. The number of rotatable bonds is 1. The minimum atomic E-state index is -4.91. The van der Waals surface area contributed by atoms with Crippen LogP contribution in [0.5, 0.6) is 0 Å². The summed E-state index contributed by atoms with van der Waals surface area (Å²) in [4.78, 5) is 21.6. The highest BCUT2D eigenvalue weighted by atomic mass is 19.4. The summed E-state index contributed by atoms with van der Waals surface area (Å²) in [6, 6.07) is -0.946.